The molecule has 0 saturated carbocycles. The molecule has 2 rings (SSSR count). The third-order valence-electron chi connectivity index (χ3n) is 3.66. The lowest BCUT2D eigenvalue weighted by Crippen LogP contribution is -2.01. The van der Waals surface area contributed by atoms with Gasteiger partial charge in [-0.25, -0.2) is 0 Å². The van der Waals surface area contributed by atoms with Crippen LogP contribution in [0.4, 0.5) is 0 Å². The third-order valence-corrected chi connectivity index (χ3v) is 3.66. The summed E-state index contributed by atoms with van der Waals surface area (Å²) >= 11 is 0. The van der Waals surface area contributed by atoms with E-state index < -0.39 is 0 Å². The van der Waals surface area contributed by atoms with Crippen molar-refractivity contribution in [1.29, 1.82) is 0 Å². The van der Waals surface area contributed by atoms with Crippen LogP contribution >= 0.6 is 0 Å². The van der Waals surface area contributed by atoms with Crippen LogP contribution in [0.25, 0.3) is 0 Å². The lowest BCUT2D eigenvalue weighted by Gasteiger charge is -2.20. The molecule has 0 nitrogen and oxygen atoms in total. The fourth-order valence-electron chi connectivity index (χ4n) is 2.50. The second-order valence-corrected chi connectivity index (χ2v) is 4.72. The highest BCUT2D eigenvalue weighted by Crippen LogP contribution is 2.33. The van der Waals surface area contributed by atoms with Crippen molar-refractivity contribution in [2.75, 3.05) is 0 Å². The van der Waals surface area contributed by atoms with E-state index in [4.69, 9.17) is 0 Å². The van der Waals surface area contributed by atoms with Crippen molar-refractivity contribution in [3.05, 3.63) is 71.4 Å². The smallest absolute Gasteiger partial charge is 0.0235 e. The van der Waals surface area contributed by atoms with E-state index in [2.05, 4.69) is 38.3 Å². The molecule has 0 spiro atoms. The first-order valence-electron chi connectivity index (χ1n) is 6.30. The van der Waals surface area contributed by atoms with Gasteiger partial charge in [-0.05, 0) is 60.5 Å². The summed E-state index contributed by atoms with van der Waals surface area (Å²) in [6.45, 7) is 9.88. The standard InChI is InChI=1S/C17H20/c1-4-14-6-8-16(9-7-14)17-11-10-15(5-2)13(3)12-17/h4-6,8,12H,1-2,7,9-11H2,3H3. The van der Waals surface area contributed by atoms with Gasteiger partial charge in [0.15, 0.2) is 0 Å². The molecular formula is C17H20. The Morgan fingerprint density at radius 3 is 2.24 bits per heavy atom. The Kier molecular flexibility index (Phi) is 3.63. The van der Waals surface area contributed by atoms with Gasteiger partial charge in [-0.3, -0.25) is 0 Å². The third kappa shape index (κ3) is 2.58. The van der Waals surface area contributed by atoms with Crippen molar-refractivity contribution in [3.8, 4) is 0 Å². The monoisotopic (exact) mass is 224 g/mol. The summed E-state index contributed by atoms with van der Waals surface area (Å²) in [5, 5.41) is 0. The van der Waals surface area contributed by atoms with Gasteiger partial charge in [0.1, 0.15) is 0 Å². The molecule has 0 heteroatoms. The zero-order chi connectivity index (χ0) is 12.3. The summed E-state index contributed by atoms with van der Waals surface area (Å²) in [5.41, 5.74) is 7.13. The first-order chi connectivity index (χ1) is 8.24. The zero-order valence-corrected chi connectivity index (χ0v) is 10.6. The summed E-state index contributed by atoms with van der Waals surface area (Å²) in [6, 6.07) is 0. The Labute approximate surface area is 104 Å². The second-order valence-electron chi connectivity index (χ2n) is 4.72. The minimum Gasteiger partial charge on any atom is -0.0988 e. The van der Waals surface area contributed by atoms with E-state index in [1.54, 1.807) is 0 Å². The Bertz CT molecular complexity index is 464. The summed E-state index contributed by atoms with van der Waals surface area (Å²) in [7, 11) is 0. The molecule has 0 heterocycles. The minimum atomic E-state index is 1.13. The maximum Gasteiger partial charge on any atom is -0.0235 e. The van der Waals surface area contributed by atoms with Crippen LogP contribution in [0.15, 0.2) is 71.4 Å². The molecule has 0 amide bonds. The van der Waals surface area contributed by atoms with Gasteiger partial charge in [0, 0.05) is 0 Å². The highest BCUT2D eigenvalue weighted by Gasteiger charge is 2.13. The van der Waals surface area contributed by atoms with Gasteiger partial charge in [0.05, 0.1) is 0 Å². The molecule has 0 bridgehead atoms. The fourth-order valence-corrected chi connectivity index (χ4v) is 2.50. The van der Waals surface area contributed by atoms with Crippen molar-refractivity contribution in [2.24, 2.45) is 0 Å². The second kappa shape index (κ2) is 5.18. The van der Waals surface area contributed by atoms with Crippen LogP contribution in [0.3, 0.4) is 0 Å². The molecule has 0 aromatic carbocycles. The van der Waals surface area contributed by atoms with E-state index in [0.29, 0.717) is 0 Å². The summed E-state index contributed by atoms with van der Waals surface area (Å²) in [6.07, 6.45) is 15.3. The van der Waals surface area contributed by atoms with E-state index in [1.165, 1.54) is 27.9 Å². The average Bonchev–Trinajstić information content (AvgIpc) is 2.39. The molecule has 0 aliphatic heterocycles. The van der Waals surface area contributed by atoms with Crippen LogP contribution in [-0.4, -0.2) is 0 Å². The van der Waals surface area contributed by atoms with Gasteiger partial charge < -0.3 is 0 Å². The summed E-state index contributed by atoms with van der Waals surface area (Å²) in [4.78, 5) is 0. The van der Waals surface area contributed by atoms with Gasteiger partial charge >= 0.3 is 0 Å². The Hall–Kier alpha value is -1.56. The van der Waals surface area contributed by atoms with Gasteiger partial charge in [0.2, 0.25) is 0 Å². The van der Waals surface area contributed by atoms with E-state index in [-0.39, 0.29) is 0 Å². The highest BCUT2D eigenvalue weighted by atomic mass is 14.2. The molecule has 0 N–H and O–H groups in total. The highest BCUT2D eigenvalue weighted by molar-refractivity contribution is 5.47. The van der Waals surface area contributed by atoms with E-state index in [1.807, 2.05) is 12.2 Å². The molecule has 0 saturated heterocycles. The average molecular weight is 224 g/mol. The minimum absolute atomic E-state index is 1.13. The molecule has 2 aliphatic carbocycles. The summed E-state index contributed by atoms with van der Waals surface area (Å²) < 4.78 is 0. The van der Waals surface area contributed by atoms with Crippen LogP contribution in [0.2, 0.25) is 0 Å². The molecule has 0 unspecified atom stereocenters. The number of allylic oxidation sites excluding steroid dienone is 10. The predicted molar refractivity (Wildman–Crippen MR) is 75.8 cm³/mol. The van der Waals surface area contributed by atoms with Crippen molar-refractivity contribution >= 4 is 0 Å². The van der Waals surface area contributed by atoms with Crippen LogP contribution in [0, 0.1) is 0 Å². The van der Waals surface area contributed by atoms with Crippen LogP contribution in [-0.2, 0) is 0 Å². The zero-order valence-electron chi connectivity index (χ0n) is 10.6. The van der Waals surface area contributed by atoms with Crippen molar-refractivity contribution in [2.45, 2.75) is 32.6 Å². The van der Waals surface area contributed by atoms with E-state index in [9.17, 15) is 0 Å². The van der Waals surface area contributed by atoms with Crippen LogP contribution < -0.4 is 0 Å². The lowest BCUT2D eigenvalue weighted by molar-refractivity contribution is 0.860. The number of hydrogen-bond donors (Lipinski definition) is 0. The number of hydrogen-bond acceptors (Lipinski definition) is 0. The van der Waals surface area contributed by atoms with Crippen molar-refractivity contribution < 1.29 is 0 Å². The van der Waals surface area contributed by atoms with Crippen molar-refractivity contribution in [1.82, 2.24) is 0 Å². The summed E-state index contributed by atoms with van der Waals surface area (Å²) in [5.74, 6) is 0. The molecule has 0 atom stereocenters. The van der Waals surface area contributed by atoms with Gasteiger partial charge in [-0.15, -0.1) is 0 Å². The lowest BCUT2D eigenvalue weighted by atomic mass is 9.85. The molecular weight excluding hydrogens is 204 g/mol. The normalized spacial score (nSPS) is 20.4. The number of rotatable bonds is 3. The SMILES string of the molecule is C=CC1=CC=C(C2=CC(C)=C(C=C)CC2)CC1. The predicted octanol–water partition coefficient (Wildman–Crippen LogP) is 5.04. The first-order valence-corrected chi connectivity index (χ1v) is 6.30. The molecule has 0 aromatic heterocycles. The molecule has 0 aromatic rings. The van der Waals surface area contributed by atoms with E-state index >= 15 is 0 Å². The first kappa shape index (κ1) is 11.9. The maximum atomic E-state index is 3.87. The molecule has 88 valence electrons. The Morgan fingerprint density at radius 2 is 1.71 bits per heavy atom. The molecule has 2 aliphatic rings. The topological polar surface area (TPSA) is 0 Å². The largest absolute Gasteiger partial charge is 0.0988 e. The van der Waals surface area contributed by atoms with Crippen LogP contribution in [0.1, 0.15) is 32.6 Å². The van der Waals surface area contributed by atoms with Crippen molar-refractivity contribution in [3.63, 3.8) is 0 Å². The molecule has 0 fully saturated rings. The quantitative estimate of drug-likeness (QED) is 0.630. The Morgan fingerprint density at radius 1 is 0.941 bits per heavy atom. The fraction of sp³-hybridized carbons (Fsp3) is 0.294. The molecule has 17 heavy (non-hydrogen) atoms. The van der Waals surface area contributed by atoms with E-state index in [0.717, 1.165) is 25.7 Å². The Balaban J connectivity index is 2.24. The molecule has 0 radical (unpaired) electrons. The van der Waals surface area contributed by atoms with Crippen LogP contribution in [0.5, 0.6) is 0 Å². The van der Waals surface area contributed by atoms with Gasteiger partial charge in [0.25, 0.3) is 0 Å². The van der Waals surface area contributed by atoms with Gasteiger partial charge in [-0.1, -0.05) is 43.5 Å². The maximum absolute atomic E-state index is 3.87. The van der Waals surface area contributed by atoms with Gasteiger partial charge in [-0.2, -0.15) is 0 Å².